The highest BCUT2D eigenvalue weighted by Gasteiger charge is 2.39. The molecule has 4 rings (SSSR count). The van der Waals surface area contributed by atoms with E-state index < -0.39 is 6.09 Å². The fourth-order valence-electron chi connectivity index (χ4n) is 4.16. The monoisotopic (exact) mass is 509 g/mol. The van der Waals surface area contributed by atoms with Crippen molar-refractivity contribution in [3.63, 3.8) is 0 Å². The Bertz CT molecular complexity index is 1230. The summed E-state index contributed by atoms with van der Waals surface area (Å²) in [7, 11) is 1.54. The smallest absolute Gasteiger partial charge is 0.411 e. The van der Waals surface area contributed by atoms with Crippen LogP contribution in [-0.4, -0.2) is 36.7 Å². The van der Waals surface area contributed by atoms with Crippen LogP contribution in [-0.2, 0) is 27.2 Å². The van der Waals surface area contributed by atoms with E-state index in [1.165, 1.54) is 0 Å². The predicted octanol–water partition coefficient (Wildman–Crippen LogP) is 6.33. The highest BCUT2D eigenvalue weighted by Crippen LogP contribution is 2.38. The van der Waals surface area contributed by atoms with E-state index in [-0.39, 0.29) is 31.1 Å². The molecule has 7 nitrogen and oxygen atoms in total. The van der Waals surface area contributed by atoms with E-state index in [0.717, 1.165) is 11.1 Å². The Morgan fingerprint density at radius 1 is 1.03 bits per heavy atom. The van der Waals surface area contributed by atoms with Crippen LogP contribution in [0.3, 0.4) is 0 Å². The molecule has 0 aliphatic carbocycles. The van der Waals surface area contributed by atoms with E-state index in [1.807, 2.05) is 37.3 Å². The number of nitrogens with zero attached hydrogens (tertiary/aromatic N) is 1. The molecule has 2 atom stereocenters. The third kappa shape index (κ3) is 5.74. The van der Waals surface area contributed by atoms with Gasteiger partial charge in [0, 0.05) is 10.6 Å². The molecule has 3 aromatic carbocycles. The van der Waals surface area contributed by atoms with Gasteiger partial charge >= 0.3 is 12.1 Å². The molecule has 36 heavy (non-hydrogen) atoms. The molecule has 1 saturated heterocycles. The summed E-state index contributed by atoms with van der Waals surface area (Å²) in [6.07, 6.45) is -0.669. The van der Waals surface area contributed by atoms with Crippen LogP contribution in [0.2, 0.25) is 5.02 Å². The largest absolute Gasteiger partial charge is 0.493 e. The molecule has 0 spiro atoms. The fourth-order valence-corrected chi connectivity index (χ4v) is 4.36. The minimum atomic E-state index is -0.406. The van der Waals surface area contributed by atoms with Crippen LogP contribution in [0.15, 0.2) is 66.7 Å². The fraction of sp³-hybridized carbons (Fsp3) is 0.286. The summed E-state index contributed by atoms with van der Waals surface area (Å²) in [4.78, 5) is 26.4. The molecule has 1 aliphatic rings. The first-order valence-electron chi connectivity index (χ1n) is 11.7. The van der Waals surface area contributed by atoms with E-state index in [4.69, 9.17) is 30.5 Å². The molecule has 1 aliphatic heterocycles. The molecule has 2 unspecified atom stereocenters. The maximum absolute atomic E-state index is 12.8. The number of hydrogen-bond donors (Lipinski definition) is 0. The Morgan fingerprint density at radius 3 is 2.50 bits per heavy atom. The van der Waals surface area contributed by atoms with Gasteiger partial charge in [0.1, 0.15) is 11.9 Å². The van der Waals surface area contributed by atoms with Crippen molar-refractivity contribution in [3.05, 3.63) is 88.4 Å². The van der Waals surface area contributed by atoms with E-state index in [0.29, 0.717) is 34.4 Å². The topological polar surface area (TPSA) is 74.3 Å². The Kier molecular flexibility index (Phi) is 8.00. The zero-order valence-electron chi connectivity index (χ0n) is 20.4. The van der Waals surface area contributed by atoms with Crippen molar-refractivity contribution >= 4 is 23.7 Å². The van der Waals surface area contributed by atoms with Gasteiger partial charge in [-0.2, -0.15) is 0 Å². The number of amides is 1. The number of esters is 1. The van der Waals surface area contributed by atoms with Crippen LogP contribution >= 0.6 is 11.6 Å². The number of carbonyl (C=O) groups excluding carboxylic acids is 2. The molecule has 1 heterocycles. The number of carbonyl (C=O) groups is 2. The lowest BCUT2D eigenvalue weighted by atomic mass is 10.0. The average Bonchev–Trinajstić information content (AvgIpc) is 3.15. The van der Waals surface area contributed by atoms with Gasteiger partial charge in [-0.05, 0) is 55.3 Å². The predicted molar refractivity (Wildman–Crippen MR) is 136 cm³/mol. The van der Waals surface area contributed by atoms with E-state index in [1.54, 1.807) is 55.3 Å². The van der Waals surface area contributed by atoms with Gasteiger partial charge in [-0.15, -0.1) is 0 Å². The van der Waals surface area contributed by atoms with Gasteiger partial charge in [0.05, 0.1) is 32.7 Å². The first-order chi connectivity index (χ1) is 17.4. The number of ether oxygens (including phenoxy) is 4. The molecular weight excluding hydrogens is 482 g/mol. The van der Waals surface area contributed by atoms with Gasteiger partial charge < -0.3 is 18.9 Å². The zero-order valence-corrected chi connectivity index (χ0v) is 21.2. The molecule has 0 saturated carbocycles. The molecule has 188 valence electrons. The second-order valence-electron chi connectivity index (χ2n) is 8.40. The van der Waals surface area contributed by atoms with Crippen molar-refractivity contribution < 1.29 is 28.5 Å². The molecule has 0 N–H and O–H groups in total. The van der Waals surface area contributed by atoms with Crippen LogP contribution in [0.5, 0.6) is 17.2 Å². The molecule has 1 amide bonds. The Labute approximate surface area is 215 Å². The maximum Gasteiger partial charge on any atom is 0.411 e. The second-order valence-corrected chi connectivity index (χ2v) is 8.84. The van der Waals surface area contributed by atoms with Gasteiger partial charge in [-0.1, -0.05) is 48.0 Å². The number of rotatable bonds is 9. The van der Waals surface area contributed by atoms with Crippen LogP contribution < -0.4 is 9.47 Å². The summed E-state index contributed by atoms with van der Waals surface area (Å²) in [6.45, 7) is 4.27. The van der Waals surface area contributed by atoms with Gasteiger partial charge in [-0.3, -0.25) is 9.69 Å². The average molecular weight is 510 g/mol. The maximum atomic E-state index is 12.8. The van der Waals surface area contributed by atoms with Gasteiger partial charge in [0.15, 0.2) is 11.5 Å². The molecule has 1 fully saturated rings. The van der Waals surface area contributed by atoms with Crippen molar-refractivity contribution in [1.29, 1.82) is 0 Å². The molecule has 8 heteroatoms. The first-order valence-corrected chi connectivity index (χ1v) is 12.1. The van der Waals surface area contributed by atoms with Crippen molar-refractivity contribution in [2.24, 2.45) is 0 Å². The van der Waals surface area contributed by atoms with E-state index in [2.05, 4.69) is 0 Å². The quantitative estimate of drug-likeness (QED) is 0.314. The van der Waals surface area contributed by atoms with Crippen molar-refractivity contribution in [1.82, 2.24) is 4.90 Å². The Hall–Kier alpha value is -3.71. The second kappa shape index (κ2) is 11.4. The first kappa shape index (κ1) is 25.4. The van der Waals surface area contributed by atoms with Gasteiger partial charge in [0.25, 0.3) is 0 Å². The number of hydrogen-bond acceptors (Lipinski definition) is 6. The summed E-state index contributed by atoms with van der Waals surface area (Å²) in [6, 6.07) is 20.0. The van der Waals surface area contributed by atoms with Crippen molar-refractivity contribution in [3.8, 4) is 17.2 Å². The van der Waals surface area contributed by atoms with E-state index >= 15 is 0 Å². The standard InChI is InChI=1S/C28H28ClNO6/c1-4-34-26(31)15-19-10-12-24(33-3)25(14-19)35-23-13-11-22(29)16-21(23)17-30-18(2)27(36-28(30)32)20-8-6-5-7-9-20/h5-14,16,18,27H,4,15,17H2,1-3H3. The highest BCUT2D eigenvalue weighted by molar-refractivity contribution is 6.30. The van der Waals surface area contributed by atoms with Crippen LogP contribution in [0.4, 0.5) is 4.79 Å². The summed E-state index contributed by atoms with van der Waals surface area (Å²) < 4.78 is 22.5. The Balaban J connectivity index is 1.59. The summed E-state index contributed by atoms with van der Waals surface area (Å²) in [5.74, 6) is 1.12. The van der Waals surface area contributed by atoms with Crippen molar-refractivity contribution in [2.45, 2.75) is 39.0 Å². The third-order valence-corrected chi connectivity index (χ3v) is 6.22. The summed E-state index contributed by atoms with van der Waals surface area (Å²) in [5.41, 5.74) is 2.37. The Morgan fingerprint density at radius 2 is 1.78 bits per heavy atom. The SMILES string of the molecule is CCOC(=O)Cc1ccc(OC)c(Oc2ccc(Cl)cc2CN2C(=O)OC(c3ccccc3)C2C)c1. The lowest BCUT2D eigenvalue weighted by Gasteiger charge is -2.22. The van der Waals surface area contributed by atoms with Crippen LogP contribution in [0, 0.1) is 0 Å². The lowest BCUT2D eigenvalue weighted by Crippen LogP contribution is -2.31. The molecule has 0 aromatic heterocycles. The number of cyclic esters (lactones) is 1. The minimum Gasteiger partial charge on any atom is -0.493 e. The van der Waals surface area contributed by atoms with E-state index in [9.17, 15) is 9.59 Å². The molecule has 0 bridgehead atoms. The van der Waals surface area contributed by atoms with Crippen LogP contribution in [0.25, 0.3) is 0 Å². The summed E-state index contributed by atoms with van der Waals surface area (Å²) >= 11 is 6.31. The third-order valence-electron chi connectivity index (χ3n) is 5.99. The minimum absolute atomic E-state index is 0.111. The molecular formula is C28H28ClNO6. The number of halogens is 1. The van der Waals surface area contributed by atoms with Gasteiger partial charge in [0.2, 0.25) is 0 Å². The summed E-state index contributed by atoms with van der Waals surface area (Å²) in [5, 5.41) is 0.514. The van der Waals surface area contributed by atoms with Crippen molar-refractivity contribution in [2.75, 3.05) is 13.7 Å². The lowest BCUT2D eigenvalue weighted by molar-refractivity contribution is -0.142. The van der Waals surface area contributed by atoms with Crippen LogP contribution in [0.1, 0.15) is 36.6 Å². The molecule has 0 radical (unpaired) electrons. The highest BCUT2D eigenvalue weighted by atomic mass is 35.5. The number of benzene rings is 3. The number of methoxy groups -OCH3 is 1. The molecule has 3 aromatic rings. The normalized spacial score (nSPS) is 17.0. The van der Waals surface area contributed by atoms with Gasteiger partial charge in [-0.25, -0.2) is 4.79 Å². The zero-order chi connectivity index (χ0) is 25.7.